The van der Waals surface area contributed by atoms with Crippen LogP contribution in [0.15, 0.2) is 36.9 Å². The number of aromatic nitrogens is 3. The Balaban J connectivity index is 1.61. The van der Waals surface area contributed by atoms with Crippen LogP contribution >= 0.6 is 0 Å². The van der Waals surface area contributed by atoms with E-state index >= 15 is 0 Å². The summed E-state index contributed by atoms with van der Waals surface area (Å²) in [6.07, 6.45) is 6.48. The van der Waals surface area contributed by atoms with E-state index in [2.05, 4.69) is 20.2 Å². The molecule has 0 bridgehead atoms. The van der Waals surface area contributed by atoms with Crippen LogP contribution in [-0.2, 0) is 7.05 Å². The number of pyridine rings is 1. The van der Waals surface area contributed by atoms with Gasteiger partial charge in [-0.15, -0.1) is 0 Å². The second-order valence-corrected chi connectivity index (χ2v) is 6.04. The van der Waals surface area contributed by atoms with E-state index in [1.807, 2.05) is 25.2 Å². The molecule has 1 aliphatic heterocycles. The van der Waals surface area contributed by atoms with Gasteiger partial charge in [0.2, 0.25) is 0 Å². The van der Waals surface area contributed by atoms with Crippen LogP contribution in [0.25, 0.3) is 0 Å². The Hall–Kier alpha value is -2.41. The number of aliphatic hydroxyl groups is 1. The zero-order chi connectivity index (χ0) is 16.3. The first kappa shape index (κ1) is 15.5. The second-order valence-electron chi connectivity index (χ2n) is 6.04. The fraction of sp³-hybridized carbons (Fsp3) is 0.438. The molecule has 122 valence electrons. The fourth-order valence-electron chi connectivity index (χ4n) is 2.86. The normalized spacial score (nSPS) is 21.2. The van der Waals surface area contributed by atoms with Gasteiger partial charge in [0.25, 0.3) is 5.91 Å². The number of carbonyl (C=O) groups is 1. The maximum Gasteiger partial charge on any atom is 0.271 e. The maximum atomic E-state index is 12.1. The number of nitrogens with one attached hydrogen (secondary N) is 1. The van der Waals surface area contributed by atoms with Gasteiger partial charge in [0.05, 0.1) is 11.9 Å². The van der Waals surface area contributed by atoms with Gasteiger partial charge in [-0.1, -0.05) is 6.07 Å². The molecule has 2 N–H and O–H groups in total. The van der Waals surface area contributed by atoms with Gasteiger partial charge >= 0.3 is 0 Å². The van der Waals surface area contributed by atoms with Crippen molar-refractivity contribution in [3.63, 3.8) is 0 Å². The SMILES string of the molecule is Cn1cnc(C(=O)NCC2(O)CCCN(c3ccccn3)C2)c1. The van der Waals surface area contributed by atoms with Gasteiger partial charge in [-0.25, -0.2) is 9.97 Å². The van der Waals surface area contributed by atoms with Crippen molar-refractivity contribution in [3.8, 4) is 0 Å². The van der Waals surface area contributed by atoms with Gasteiger partial charge in [0.15, 0.2) is 0 Å². The minimum Gasteiger partial charge on any atom is -0.386 e. The lowest BCUT2D eigenvalue weighted by Gasteiger charge is -2.39. The van der Waals surface area contributed by atoms with Gasteiger partial charge in [-0.3, -0.25) is 4.79 Å². The van der Waals surface area contributed by atoms with E-state index in [1.54, 1.807) is 23.3 Å². The highest BCUT2D eigenvalue weighted by molar-refractivity contribution is 5.92. The van der Waals surface area contributed by atoms with E-state index in [1.165, 1.54) is 0 Å². The zero-order valence-corrected chi connectivity index (χ0v) is 13.1. The molecule has 0 aromatic carbocycles. The van der Waals surface area contributed by atoms with Crippen LogP contribution in [0.3, 0.4) is 0 Å². The Labute approximate surface area is 135 Å². The van der Waals surface area contributed by atoms with E-state index in [0.717, 1.165) is 18.8 Å². The summed E-state index contributed by atoms with van der Waals surface area (Å²) in [6, 6.07) is 5.73. The molecule has 1 atom stereocenters. The number of β-amino-alcohol motifs (C(OH)–C–C–N with tert-alkyl or cyclic N) is 1. The van der Waals surface area contributed by atoms with Crippen molar-refractivity contribution in [1.82, 2.24) is 19.9 Å². The number of hydrogen-bond acceptors (Lipinski definition) is 5. The molecule has 7 heteroatoms. The Morgan fingerprint density at radius 1 is 1.43 bits per heavy atom. The topological polar surface area (TPSA) is 83.3 Å². The number of nitrogens with zero attached hydrogens (tertiary/aromatic N) is 4. The van der Waals surface area contributed by atoms with Crippen molar-refractivity contribution in [2.24, 2.45) is 7.05 Å². The molecule has 2 aromatic rings. The Morgan fingerprint density at radius 2 is 2.30 bits per heavy atom. The average molecular weight is 315 g/mol. The summed E-state index contributed by atoms with van der Waals surface area (Å²) in [5, 5.41) is 13.6. The number of imidazole rings is 1. The third kappa shape index (κ3) is 3.68. The van der Waals surface area contributed by atoms with Crippen LogP contribution in [-0.4, -0.2) is 50.8 Å². The van der Waals surface area contributed by atoms with Crippen molar-refractivity contribution in [2.75, 3.05) is 24.5 Å². The molecule has 3 rings (SSSR count). The third-order valence-electron chi connectivity index (χ3n) is 4.04. The standard InChI is InChI=1S/C16H21N5O2/c1-20-9-13(19-12-20)15(22)18-10-16(23)6-4-8-21(11-16)14-5-2-3-7-17-14/h2-3,5,7,9,12,23H,4,6,8,10-11H2,1H3,(H,18,22). The third-order valence-corrected chi connectivity index (χ3v) is 4.04. The molecule has 23 heavy (non-hydrogen) atoms. The van der Waals surface area contributed by atoms with Crippen LogP contribution in [0.2, 0.25) is 0 Å². The summed E-state index contributed by atoms with van der Waals surface area (Å²) < 4.78 is 1.72. The van der Waals surface area contributed by atoms with Crippen molar-refractivity contribution >= 4 is 11.7 Å². The average Bonchev–Trinajstić information content (AvgIpc) is 3.00. The number of rotatable bonds is 4. The van der Waals surface area contributed by atoms with Crippen molar-refractivity contribution in [3.05, 3.63) is 42.6 Å². The Kier molecular flexibility index (Phi) is 4.29. The van der Waals surface area contributed by atoms with E-state index in [4.69, 9.17) is 0 Å². The smallest absolute Gasteiger partial charge is 0.271 e. The summed E-state index contributed by atoms with van der Waals surface area (Å²) in [5.74, 6) is 0.579. The quantitative estimate of drug-likeness (QED) is 0.862. The van der Waals surface area contributed by atoms with E-state index in [-0.39, 0.29) is 12.5 Å². The number of carbonyl (C=O) groups excluding carboxylic acids is 1. The molecule has 7 nitrogen and oxygen atoms in total. The molecule has 2 aromatic heterocycles. The zero-order valence-electron chi connectivity index (χ0n) is 13.1. The summed E-state index contributed by atoms with van der Waals surface area (Å²) in [7, 11) is 1.81. The molecule has 0 radical (unpaired) electrons. The number of amides is 1. The molecular formula is C16H21N5O2. The molecule has 1 unspecified atom stereocenters. The first-order chi connectivity index (χ1) is 11.1. The predicted molar refractivity (Wildman–Crippen MR) is 86.2 cm³/mol. The molecule has 1 amide bonds. The Bertz CT molecular complexity index is 672. The van der Waals surface area contributed by atoms with Crippen molar-refractivity contribution < 1.29 is 9.90 Å². The molecule has 3 heterocycles. The van der Waals surface area contributed by atoms with Gasteiger partial charge < -0.3 is 19.9 Å². The summed E-state index contributed by atoms with van der Waals surface area (Å²) >= 11 is 0. The minimum absolute atomic E-state index is 0.200. The predicted octanol–water partition coefficient (Wildman–Crippen LogP) is 0.576. The number of aryl methyl sites for hydroxylation is 1. The molecule has 1 fully saturated rings. The highest BCUT2D eigenvalue weighted by Gasteiger charge is 2.34. The van der Waals surface area contributed by atoms with Crippen molar-refractivity contribution in [1.29, 1.82) is 0 Å². The lowest BCUT2D eigenvalue weighted by Crippen LogP contribution is -2.54. The molecule has 1 saturated heterocycles. The first-order valence-electron chi connectivity index (χ1n) is 7.70. The summed E-state index contributed by atoms with van der Waals surface area (Å²) in [4.78, 5) is 22.5. The highest BCUT2D eigenvalue weighted by atomic mass is 16.3. The molecular weight excluding hydrogens is 294 g/mol. The van der Waals surface area contributed by atoms with Crippen LogP contribution in [0.1, 0.15) is 23.3 Å². The molecule has 0 saturated carbocycles. The van der Waals surface area contributed by atoms with Crippen LogP contribution < -0.4 is 10.2 Å². The lowest BCUT2D eigenvalue weighted by atomic mass is 9.92. The number of anilines is 1. The lowest BCUT2D eigenvalue weighted by molar-refractivity contribution is 0.0254. The number of piperidine rings is 1. The Morgan fingerprint density at radius 3 is 3.00 bits per heavy atom. The largest absolute Gasteiger partial charge is 0.386 e. The molecule has 1 aliphatic rings. The van der Waals surface area contributed by atoms with E-state index in [0.29, 0.717) is 18.7 Å². The van der Waals surface area contributed by atoms with Crippen molar-refractivity contribution in [2.45, 2.75) is 18.4 Å². The van der Waals surface area contributed by atoms with Crippen LogP contribution in [0, 0.1) is 0 Å². The fourth-order valence-corrected chi connectivity index (χ4v) is 2.86. The summed E-state index contributed by atoms with van der Waals surface area (Å²) in [5.41, 5.74) is -0.603. The second kappa shape index (κ2) is 6.37. The monoisotopic (exact) mass is 315 g/mol. The van der Waals surface area contributed by atoms with E-state index < -0.39 is 5.60 Å². The molecule has 0 spiro atoms. The van der Waals surface area contributed by atoms with E-state index in [9.17, 15) is 9.90 Å². The van der Waals surface area contributed by atoms with Crippen LogP contribution in [0.4, 0.5) is 5.82 Å². The minimum atomic E-state index is -0.958. The maximum absolute atomic E-state index is 12.1. The van der Waals surface area contributed by atoms with Gasteiger partial charge in [-0.2, -0.15) is 0 Å². The molecule has 0 aliphatic carbocycles. The highest BCUT2D eigenvalue weighted by Crippen LogP contribution is 2.24. The van der Waals surface area contributed by atoms with Gasteiger partial charge in [0, 0.05) is 39.1 Å². The summed E-state index contributed by atoms with van der Waals surface area (Å²) in [6.45, 7) is 1.51. The van der Waals surface area contributed by atoms with Gasteiger partial charge in [-0.05, 0) is 25.0 Å². The van der Waals surface area contributed by atoms with Gasteiger partial charge in [0.1, 0.15) is 11.5 Å². The first-order valence-corrected chi connectivity index (χ1v) is 7.70. The van der Waals surface area contributed by atoms with Crippen LogP contribution in [0.5, 0.6) is 0 Å². The number of hydrogen-bond donors (Lipinski definition) is 2.